The van der Waals surface area contributed by atoms with Gasteiger partial charge in [-0.2, -0.15) is 4.98 Å². The molecular weight excluding hydrogens is 364 g/mol. The van der Waals surface area contributed by atoms with Crippen molar-refractivity contribution in [3.8, 4) is 17.3 Å². The molecule has 148 valence electrons. The minimum Gasteiger partial charge on any atom is -0.493 e. The second kappa shape index (κ2) is 8.94. The second-order valence-electron chi connectivity index (χ2n) is 6.69. The summed E-state index contributed by atoms with van der Waals surface area (Å²) in [5, 5.41) is 24.0. The number of amides is 2. The molecule has 0 saturated carbocycles. The summed E-state index contributed by atoms with van der Waals surface area (Å²) in [6.45, 7) is 5.28. The van der Waals surface area contributed by atoms with E-state index in [1.54, 1.807) is 24.3 Å². The Morgan fingerprint density at radius 2 is 1.79 bits per heavy atom. The monoisotopic (exact) mass is 386 g/mol. The molecule has 2 aromatic rings. The first-order valence-corrected chi connectivity index (χ1v) is 8.65. The average Bonchev–Trinajstić information content (AvgIpc) is 2.60. The third-order valence-corrected chi connectivity index (χ3v) is 3.81. The number of nitrogens with one attached hydrogen (secondary N) is 2. The first-order chi connectivity index (χ1) is 13.2. The zero-order valence-electron chi connectivity index (χ0n) is 15.8. The number of aromatic carboxylic acids is 1. The molecule has 0 aliphatic rings. The fourth-order valence-corrected chi connectivity index (χ4v) is 2.54. The van der Waals surface area contributed by atoms with Crippen LogP contribution < -0.4 is 10.6 Å². The zero-order chi connectivity index (χ0) is 20.8. The molecule has 0 spiro atoms. The Kier molecular flexibility index (Phi) is 6.64. The van der Waals surface area contributed by atoms with Gasteiger partial charge in [-0.3, -0.25) is 9.59 Å². The number of benzene rings is 1. The van der Waals surface area contributed by atoms with Crippen LogP contribution in [0.3, 0.4) is 0 Å². The highest BCUT2D eigenvalue weighted by atomic mass is 16.4. The largest absolute Gasteiger partial charge is 0.493 e. The molecule has 4 N–H and O–H groups in total. The van der Waals surface area contributed by atoms with Crippen LogP contribution >= 0.6 is 0 Å². The number of carboxylic acid groups (broad SMARTS) is 1. The standard InChI is InChI=1S/C19H22N4O5/c1-10(2)8-15(21-11(3)24)18(26)22-13-6-4-12(5-7-13)16-20-9-14(19(27)28)17(25)23-16/h4-7,9-10,15H,8H2,1-3H3,(H,21,24)(H,22,26)(H,27,28)(H,20,23,25). The van der Waals surface area contributed by atoms with Gasteiger partial charge in [0.2, 0.25) is 17.7 Å². The number of aromatic hydroxyl groups is 1. The maximum atomic E-state index is 12.4. The summed E-state index contributed by atoms with van der Waals surface area (Å²) in [6, 6.07) is 5.86. The number of anilines is 1. The predicted octanol–water partition coefficient (Wildman–Crippen LogP) is 2.04. The van der Waals surface area contributed by atoms with E-state index in [-0.39, 0.29) is 29.1 Å². The normalized spacial score (nSPS) is 11.7. The molecule has 0 aliphatic heterocycles. The zero-order valence-corrected chi connectivity index (χ0v) is 15.8. The molecule has 0 saturated heterocycles. The highest BCUT2D eigenvalue weighted by Crippen LogP contribution is 2.22. The summed E-state index contributed by atoms with van der Waals surface area (Å²) in [4.78, 5) is 42.4. The summed E-state index contributed by atoms with van der Waals surface area (Å²) in [5.74, 6) is -2.17. The van der Waals surface area contributed by atoms with Crippen LogP contribution in [0.15, 0.2) is 30.5 Å². The van der Waals surface area contributed by atoms with Crippen LogP contribution in [0.2, 0.25) is 0 Å². The van der Waals surface area contributed by atoms with E-state index < -0.39 is 17.9 Å². The van der Waals surface area contributed by atoms with Gasteiger partial charge in [-0.1, -0.05) is 13.8 Å². The molecule has 1 aromatic carbocycles. The van der Waals surface area contributed by atoms with E-state index in [0.717, 1.165) is 6.20 Å². The number of rotatable bonds is 7. The number of aromatic nitrogens is 2. The van der Waals surface area contributed by atoms with E-state index >= 15 is 0 Å². The first kappa shape index (κ1) is 20.8. The SMILES string of the molecule is CC(=O)NC(CC(C)C)C(=O)Nc1ccc(-c2ncc(C(=O)O)c(O)n2)cc1. The highest BCUT2D eigenvalue weighted by molar-refractivity contribution is 5.97. The van der Waals surface area contributed by atoms with E-state index in [9.17, 15) is 19.5 Å². The molecule has 0 bridgehead atoms. The molecule has 9 heteroatoms. The third-order valence-electron chi connectivity index (χ3n) is 3.81. The Balaban J connectivity index is 2.13. The van der Waals surface area contributed by atoms with Crippen molar-refractivity contribution in [3.05, 3.63) is 36.0 Å². The van der Waals surface area contributed by atoms with Gasteiger partial charge in [0.15, 0.2) is 5.82 Å². The molecule has 1 aromatic heterocycles. The lowest BCUT2D eigenvalue weighted by atomic mass is 10.0. The minimum atomic E-state index is -1.32. The number of nitrogens with zero attached hydrogens (tertiary/aromatic N) is 2. The maximum absolute atomic E-state index is 12.4. The predicted molar refractivity (Wildman–Crippen MR) is 102 cm³/mol. The number of carbonyl (C=O) groups excluding carboxylic acids is 2. The van der Waals surface area contributed by atoms with Gasteiger partial charge in [-0.05, 0) is 36.6 Å². The summed E-state index contributed by atoms with van der Waals surface area (Å²) >= 11 is 0. The summed E-state index contributed by atoms with van der Waals surface area (Å²) in [6.07, 6.45) is 1.53. The van der Waals surface area contributed by atoms with Crippen LogP contribution in [-0.4, -0.2) is 44.0 Å². The van der Waals surface area contributed by atoms with Crippen molar-refractivity contribution in [1.82, 2.24) is 15.3 Å². The van der Waals surface area contributed by atoms with E-state index in [0.29, 0.717) is 17.7 Å². The van der Waals surface area contributed by atoms with Crippen molar-refractivity contribution in [2.75, 3.05) is 5.32 Å². The fraction of sp³-hybridized carbons (Fsp3) is 0.316. The van der Waals surface area contributed by atoms with Crippen LogP contribution in [0, 0.1) is 5.92 Å². The molecule has 0 aliphatic carbocycles. The van der Waals surface area contributed by atoms with Crippen molar-refractivity contribution < 1.29 is 24.6 Å². The second-order valence-corrected chi connectivity index (χ2v) is 6.69. The Morgan fingerprint density at radius 3 is 2.29 bits per heavy atom. The van der Waals surface area contributed by atoms with Crippen LogP contribution in [0.4, 0.5) is 5.69 Å². The molecule has 2 amide bonds. The van der Waals surface area contributed by atoms with E-state index in [4.69, 9.17) is 5.11 Å². The molecule has 28 heavy (non-hydrogen) atoms. The number of carbonyl (C=O) groups is 3. The lowest BCUT2D eigenvalue weighted by molar-refractivity contribution is -0.125. The molecule has 0 radical (unpaired) electrons. The van der Waals surface area contributed by atoms with Crippen molar-refractivity contribution in [2.24, 2.45) is 5.92 Å². The van der Waals surface area contributed by atoms with Crippen LogP contribution in [-0.2, 0) is 9.59 Å². The molecule has 2 rings (SSSR count). The van der Waals surface area contributed by atoms with Crippen molar-refractivity contribution in [2.45, 2.75) is 33.2 Å². The van der Waals surface area contributed by atoms with Crippen molar-refractivity contribution >= 4 is 23.5 Å². The number of hydrogen-bond donors (Lipinski definition) is 4. The van der Waals surface area contributed by atoms with Gasteiger partial charge in [-0.15, -0.1) is 0 Å². The molecule has 1 atom stereocenters. The molecule has 1 heterocycles. The van der Waals surface area contributed by atoms with Crippen molar-refractivity contribution in [3.63, 3.8) is 0 Å². The Bertz CT molecular complexity index is 880. The van der Waals surface area contributed by atoms with Crippen LogP contribution in [0.1, 0.15) is 37.6 Å². The summed E-state index contributed by atoms with van der Waals surface area (Å²) in [5.41, 5.74) is 0.659. The number of carboxylic acids is 1. The Morgan fingerprint density at radius 1 is 1.14 bits per heavy atom. The summed E-state index contributed by atoms with van der Waals surface area (Å²) in [7, 11) is 0. The molecular formula is C19H22N4O5. The minimum absolute atomic E-state index is 0.149. The highest BCUT2D eigenvalue weighted by Gasteiger charge is 2.21. The topological polar surface area (TPSA) is 142 Å². The van der Waals surface area contributed by atoms with E-state index in [1.165, 1.54) is 6.92 Å². The summed E-state index contributed by atoms with van der Waals surface area (Å²) < 4.78 is 0. The molecule has 0 fully saturated rings. The Labute approximate surface area is 161 Å². The smallest absolute Gasteiger partial charge is 0.342 e. The van der Waals surface area contributed by atoms with Gasteiger partial charge in [0.1, 0.15) is 11.6 Å². The third kappa shape index (κ3) is 5.50. The van der Waals surface area contributed by atoms with Gasteiger partial charge in [0, 0.05) is 24.4 Å². The Hall–Kier alpha value is -3.49. The fourth-order valence-electron chi connectivity index (χ4n) is 2.54. The van der Waals surface area contributed by atoms with Gasteiger partial charge in [0.05, 0.1) is 0 Å². The van der Waals surface area contributed by atoms with Gasteiger partial charge < -0.3 is 20.8 Å². The maximum Gasteiger partial charge on any atom is 0.342 e. The van der Waals surface area contributed by atoms with Crippen molar-refractivity contribution in [1.29, 1.82) is 0 Å². The lowest BCUT2D eigenvalue weighted by Crippen LogP contribution is -2.43. The lowest BCUT2D eigenvalue weighted by Gasteiger charge is -2.19. The molecule has 1 unspecified atom stereocenters. The van der Waals surface area contributed by atoms with Gasteiger partial charge in [-0.25, -0.2) is 9.78 Å². The van der Waals surface area contributed by atoms with Crippen LogP contribution in [0.25, 0.3) is 11.4 Å². The van der Waals surface area contributed by atoms with Gasteiger partial charge in [0.25, 0.3) is 0 Å². The molecule has 9 nitrogen and oxygen atoms in total. The van der Waals surface area contributed by atoms with E-state index in [2.05, 4.69) is 20.6 Å². The quantitative estimate of drug-likeness (QED) is 0.570. The van der Waals surface area contributed by atoms with E-state index in [1.807, 2.05) is 13.8 Å². The number of hydrogen-bond acceptors (Lipinski definition) is 6. The first-order valence-electron chi connectivity index (χ1n) is 8.65. The average molecular weight is 386 g/mol. The van der Waals surface area contributed by atoms with Gasteiger partial charge >= 0.3 is 5.97 Å². The van der Waals surface area contributed by atoms with Crippen LogP contribution in [0.5, 0.6) is 5.88 Å².